The number of hydrogen-bond acceptors (Lipinski definition) is 7. The Kier molecular flexibility index (Phi) is 9.45. The van der Waals surface area contributed by atoms with Crippen LogP contribution < -0.4 is 10.0 Å². The quantitative estimate of drug-likeness (QED) is 0.295. The number of thioether (sulfide) groups is 1. The van der Waals surface area contributed by atoms with Crippen molar-refractivity contribution in [3.05, 3.63) is 53.8 Å². The molecule has 2 aliphatic heterocycles. The van der Waals surface area contributed by atoms with Gasteiger partial charge in [-0.1, -0.05) is 0 Å². The minimum Gasteiger partial charge on any atom is -0.377 e. The predicted molar refractivity (Wildman–Crippen MR) is 140 cm³/mol. The third-order valence-electron chi connectivity index (χ3n) is 6.82. The average Bonchev–Trinajstić information content (AvgIpc) is 2.87. The number of alkyl halides is 1. The molecule has 1 amide bonds. The molecule has 13 heteroatoms. The topological polar surface area (TPSA) is 87.7 Å². The molecule has 214 valence electrons. The number of benzene rings is 2. The van der Waals surface area contributed by atoms with E-state index in [1.54, 1.807) is 12.1 Å². The molecule has 39 heavy (non-hydrogen) atoms. The first kappa shape index (κ1) is 29.6. The van der Waals surface area contributed by atoms with Gasteiger partial charge in [0.2, 0.25) is 0 Å². The van der Waals surface area contributed by atoms with Gasteiger partial charge in [-0.25, -0.2) is 30.7 Å². The molecule has 0 radical (unpaired) electrons. The van der Waals surface area contributed by atoms with E-state index in [0.29, 0.717) is 63.4 Å². The minimum atomic E-state index is -4.57. The molecular weight excluding hydrogens is 558 g/mol. The van der Waals surface area contributed by atoms with Crippen molar-refractivity contribution >= 4 is 33.4 Å². The van der Waals surface area contributed by atoms with Crippen molar-refractivity contribution in [2.45, 2.75) is 60.2 Å². The lowest BCUT2D eigenvalue weighted by atomic mass is 9.95. The largest absolute Gasteiger partial charge is 0.377 e. The molecular formula is C26H31F4N3O4S2. The van der Waals surface area contributed by atoms with Crippen molar-refractivity contribution < 1.29 is 35.5 Å². The zero-order valence-corrected chi connectivity index (χ0v) is 23.0. The van der Waals surface area contributed by atoms with Crippen molar-refractivity contribution in [3.8, 4) is 0 Å². The van der Waals surface area contributed by atoms with Crippen molar-refractivity contribution in [1.29, 1.82) is 0 Å². The smallest absolute Gasteiger partial charge is 0.265 e. The van der Waals surface area contributed by atoms with Gasteiger partial charge >= 0.3 is 0 Å². The van der Waals surface area contributed by atoms with Gasteiger partial charge in [0.1, 0.15) is 23.3 Å². The number of nitrogens with zero attached hydrogens (tertiary/aromatic N) is 1. The second-order valence-electron chi connectivity index (χ2n) is 9.98. The molecule has 0 aromatic heterocycles. The number of nitrogens with one attached hydrogen (secondary N) is 2. The summed E-state index contributed by atoms with van der Waals surface area (Å²) < 4.78 is 89.5. The summed E-state index contributed by atoms with van der Waals surface area (Å²) in [5, 5.41) is 2.82. The lowest BCUT2D eigenvalue weighted by Gasteiger charge is -2.35. The number of rotatable bonds is 11. The van der Waals surface area contributed by atoms with Crippen molar-refractivity contribution in [1.82, 2.24) is 9.62 Å². The monoisotopic (exact) mass is 589 g/mol. The van der Waals surface area contributed by atoms with Crippen LogP contribution in [-0.4, -0.2) is 69.0 Å². The predicted octanol–water partition coefficient (Wildman–Crippen LogP) is 4.48. The molecule has 0 bridgehead atoms. The highest BCUT2D eigenvalue weighted by molar-refractivity contribution is 7.99. The van der Waals surface area contributed by atoms with E-state index in [9.17, 15) is 22.0 Å². The highest BCUT2D eigenvalue weighted by atomic mass is 32.2. The van der Waals surface area contributed by atoms with Crippen LogP contribution in [0.3, 0.4) is 0 Å². The second-order valence-corrected chi connectivity index (χ2v) is 12.8. The van der Waals surface area contributed by atoms with Crippen LogP contribution >= 0.6 is 11.8 Å². The number of halogens is 4. The van der Waals surface area contributed by atoms with Crippen LogP contribution in [0.5, 0.6) is 0 Å². The van der Waals surface area contributed by atoms with E-state index < -0.39 is 56.0 Å². The van der Waals surface area contributed by atoms with E-state index in [0.717, 1.165) is 11.3 Å². The average molecular weight is 590 g/mol. The Labute approximate surface area is 229 Å². The van der Waals surface area contributed by atoms with Gasteiger partial charge in [-0.3, -0.25) is 9.69 Å². The molecule has 0 unspecified atom stereocenters. The number of carbonyl (C=O) groups is 1. The molecule has 0 spiro atoms. The van der Waals surface area contributed by atoms with Crippen LogP contribution in [0.2, 0.25) is 0 Å². The summed E-state index contributed by atoms with van der Waals surface area (Å²) in [6, 6.07) is 6.63. The Morgan fingerprint density at radius 3 is 2.41 bits per heavy atom. The zero-order valence-electron chi connectivity index (χ0n) is 21.4. The maximum atomic E-state index is 15.1. The molecule has 2 N–H and O–H groups in total. The maximum absolute atomic E-state index is 15.1. The fourth-order valence-electron chi connectivity index (χ4n) is 4.40. The van der Waals surface area contributed by atoms with E-state index in [1.807, 2.05) is 9.62 Å². The Morgan fingerprint density at radius 1 is 1.15 bits per heavy atom. The Morgan fingerprint density at radius 2 is 1.82 bits per heavy atom. The van der Waals surface area contributed by atoms with Gasteiger partial charge in [0.15, 0.2) is 11.6 Å². The first-order chi connectivity index (χ1) is 18.4. The second kappa shape index (κ2) is 12.4. The molecule has 2 heterocycles. The lowest BCUT2D eigenvalue weighted by Crippen LogP contribution is -2.50. The summed E-state index contributed by atoms with van der Waals surface area (Å²) in [5.74, 6) is -3.22. The van der Waals surface area contributed by atoms with Gasteiger partial charge in [-0.05, 0) is 69.0 Å². The van der Waals surface area contributed by atoms with Crippen LogP contribution in [0.4, 0.5) is 23.2 Å². The van der Waals surface area contributed by atoms with Crippen LogP contribution in [0.25, 0.3) is 0 Å². The maximum Gasteiger partial charge on any atom is 0.265 e. The molecule has 2 saturated heterocycles. The summed E-state index contributed by atoms with van der Waals surface area (Å²) in [6.45, 7) is 2.86. The number of hydrogen-bond donors (Lipinski definition) is 2. The minimum absolute atomic E-state index is 0.295. The van der Waals surface area contributed by atoms with Gasteiger partial charge < -0.3 is 10.1 Å². The first-order valence-electron chi connectivity index (χ1n) is 12.7. The van der Waals surface area contributed by atoms with E-state index in [-0.39, 0.29) is 5.82 Å². The molecule has 7 nitrogen and oxygen atoms in total. The normalized spacial score (nSPS) is 21.3. The van der Waals surface area contributed by atoms with Gasteiger partial charge in [-0.2, -0.15) is 0 Å². The lowest BCUT2D eigenvalue weighted by molar-refractivity contribution is -0.148. The molecule has 2 atom stereocenters. The van der Waals surface area contributed by atoms with E-state index in [2.05, 4.69) is 5.32 Å². The van der Waals surface area contributed by atoms with Crippen molar-refractivity contribution in [2.75, 3.05) is 37.3 Å². The molecule has 0 saturated carbocycles. The number of anilines is 1. The van der Waals surface area contributed by atoms with Crippen LogP contribution in [0.1, 0.15) is 32.6 Å². The van der Waals surface area contributed by atoms with Crippen LogP contribution in [0.15, 0.2) is 46.2 Å². The Balaban J connectivity index is 1.47. The highest BCUT2D eigenvalue weighted by Gasteiger charge is 2.38. The third-order valence-corrected chi connectivity index (χ3v) is 9.31. The molecule has 4 rings (SSSR count). The van der Waals surface area contributed by atoms with Gasteiger partial charge in [0, 0.05) is 42.9 Å². The summed E-state index contributed by atoms with van der Waals surface area (Å²) >= 11 is 1.35. The van der Waals surface area contributed by atoms with Crippen LogP contribution in [-0.2, 0) is 19.6 Å². The van der Waals surface area contributed by atoms with E-state index in [4.69, 9.17) is 4.74 Å². The summed E-state index contributed by atoms with van der Waals surface area (Å²) in [5.41, 5.74) is -1.86. The van der Waals surface area contributed by atoms with Crippen molar-refractivity contribution in [3.63, 3.8) is 0 Å². The van der Waals surface area contributed by atoms with Crippen molar-refractivity contribution in [2.24, 2.45) is 0 Å². The Hall–Kier alpha value is -2.35. The highest BCUT2D eigenvalue weighted by Crippen LogP contribution is 2.29. The molecule has 2 aromatic rings. The third kappa shape index (κ3) is 7.65. The zero-order chi connectivity index (χ0) is 28.2. The van der Waals surface area contributed by atoms with Crippen LogP contribution in [0, 0.1) is 17.5 Å². The first-order valence-corrected chi connectivity index (χ1v) is 15.1. The fraction of sp³-hybridized carbons (Fsp3) is 0.500. The number of ether oxygens (including phenoxy) is 1. The summed E-state index contributed by atoms with van der Waals surface area (Å²) in [4.78, 5) is 14.5. The Bertz CT molecular complexity index is 1250. The molecule has 0 aliphatic carbocycles. The fourth-order valence-corrected chi connectivity index (χ4v) is 6.47. The SMILES string of the molecule is C[C@@]1(C(=O)NS(=O)(=O)c2cc(F)c(N[C@H](CCN3CC(F)C3)CSc3ccc(F)cc3)c(F)c2)CCCCO1. The molecule has 2 aliphatic rings. The molecule has 2 aromatic carbocycles. The summed E-state index contributed by atoms with van der Waals surface area (Å²) in [6.07, 6.45) is 1.29. The van der Waals surface area contributed by atoms with E-state index in [1.165, 1.54) is 30.8 Å². The van der Waals surface area contributed by atoms with Gasteiger partial charge in [0.25, 0.3) is 15.9 Å². The number of carbonyl (C=O) groups excluding carboxylic acids is 1. The standard InChI is InChI=1S/C26H31F4N3O4S2/c1-26(9-2-3-11-37-26)25(34)32-39(35,36)21-12-22(29)24(23(30)13-21)31-19(8-10-33-14-18(28)15-33)16-38-20-6-4-17(27)5-7-20/h4-7,12-13,18-19,31H,2-3,8-11,14-16H2,1H3,(H,32,34)/t19-,26+/m1/s1. The van der Waals surface area contributed by atoms with E-state index >= 15 is 8.78 Å². The summed E-state index contributed by atoms with van der Waals surface area (Å²) in [7, 11) is -4.57. The number of amides is 1. The van der Waals surface area contributed by atoms with Gasteiger partial charge in [0.05, 0.1) is 4.90 Å². The molecule has 2 fully saturated rings. The van der Waals surface area contributed by atoms with Gasteiger partial charge in [-0.15, -0.1) is 11.8 Å². The number of sulfonamides is 1. The number of likely N-dealkylation sites (tertiary alicyclic amines) is 1.